The van der Waals surface area contributed by atoms with Crippen molar-refractivity contribution in [2.75, 3.05) is 13.2 Å². The lowest BCUT2D eigenvalue weighted by atomic mass is 10.0. The lowest BCUT2D eigenvalue weighted by Gasteiger charge is -2.18. The molecule has 0 spiro atoms. The highest BCUT2D eigenvalue weighted by molar-refractivity contribution is 5.71. The molecule has 0 saturated carbocycles. The van der Waals surface area contributed by atoms with Gasteiger partial charge in [0.05, 0.1) is 0 Å². The quantitative estimate of drug-likeness (QED) is 0.0262. The van der Waals surface area contributed by atoms with E-state index in [9.17, 15) is 14.4 Å². The molecule has 0 amide bonds. The molecule has 0 aliphatic heterocycles. The predicted octanol–water partition coefficient (Wildman–Crippen LogP) is 17.6. The highest BCUT2D eigenvalue weighted by atomic mass is 16.6. The van der Waals surface area contributed by atoms with Crippen LogP contribution in [0.2, 0.25) is 0 Å². The Morgan fingerprint density at radius 1 is 0.333 bits per heavy atom. The molecule has 1 unspecified atom stereocenters. The third-order valence-corrected chi connectivity index (χ3v) is 11.5. The van der Waals surface area contributed by atoms with E-state index in [0.717, 1.165) is 96.3 Å². The number of hydrogen-bond acceptors (Lipinski definition) is 6. The van der Waals surface area contributed by atoms with Gasteiger partial charge in [0, 0.05) is 19.3 Å². The molecule has 63 heavy (non-hydrogen) atoms. The van der Waals surface area contributed by atoms with Crippen LogP contribution in [0.5, 0.6) is 0 Å². The molecule has 1 atom stereocenters. The van der Waals surface area contributed by atoms with Gasteiger partial charge in [0.1, 0.15) is 13.2 Å². The average molecular weight is 881 g/mol. The first kappa shape index (κ1) is 60.1. The van der Waals surface area contributed by atoms with Crippen LogP contribution in [0.3, 0.4) is 0 Å². The van der Waals surface area contributed by atoms with E-state index in [4.69, 9.17) is 14.2 Å². The van der Waals surface area contributed by atoms with Gasteiger partial charge in [0.25, 0.3) is 0 Å². The minimum absolute atomic E-state index is 0.0762. The van der Waals surface area contributed by atoms with Gasteiger partial charge in [-0.15, -0.1) is 0 Å². The summed E-state index contributed by atoms with van der Waals surface area (Å²) in [6.45, 7) is 6.47. The molecule has 6 nitrogen and oxygen atoms in total. The molecule has 0 rings (SSSR count). The monoisotopic (exact) mass is 881 g/mol. The number of carbonyl (C=O) groups excluding carboxylic acids is 3. The van der Waals surface area contributed by atoms with Crippen LogP contribution >= 0.6 is 0 Å². The van der Waals surface area contributed by atoms with Crippen LogP contribution < -0.4 is 0 Å². The van der Waals surface area contributed by atoms with E-state index in [1.54, 1.807) is 0 Å². The molecule has 0 aromatic carbocycles. The predicted molar refractivity (Wildman–Crippen MR) is 270 cm³/mol. The molecular formula is C57H100O6. The molecule has 0 fully saturated rings. The van der Waals surface area contributed by atoms with E-state index < -0.39 is 6.10 Å². The SMILES string of the molecule is CC/C=C\C/C=C\C/C=C\C/C=C\CCCCCCCCCCCCCCC(=O)OCC(COC(=O)CCCCCCCCC)OC(=O)CCCCCCC/C=C\CCCCCC. The van der Waals surface area contributed by atoms with Crippen molar-refractivity contribution < 1.29 is 28.6 Å². The molecule has 0 aromatic heterocycles. The third-order valence-electron chi connectivity index (χ3n) is 11.5. The molecule has 0 aromatic rings. The number of esters is 3. The van der Waals surface area contributed by atoms with E-state index in [-0.39, 0.29) is 31.1 Å². The maximum Gasteiger partial charge on any atom is 0.306 e. The molecule has 0 bridgehead atoms. The zero-order chi connectivity index (χ0) is 45.8. The van der Waals surface area contributed by atoms with Gasteiger partial charge in [-0.2, -0.15) is 0 Å². The maximum absolute atomic E-state index is 12.7. The van der Waals surface area contributed by atoms with E-state index >= 15 is 0 Å². The van der Waals surface area contributed by atoms with E-state index in [1.165, 1.54) is 128 Å². The van der Waals surface area contributed by atoms with Gasteiger partial charge in [0.15, 0.2) is 6.10 Å². The minimum atomic E-state index is -0.774. The lowest BCUT2D eigenvalue weighted by Crippen LogP contribution is -2.30. The zero-order valence-electron chi connectivity index (χ0n) is 41.6. The summed E-state index contributed by atoms with van der Waals surface area (Å²) < 4.78 is 16.7. The first-order valence-electron chi connectivity index (χ1n) is 26.8. The summed E-state index contributed by atoms with van der Waals surface area (Å²) >= 11 is 0. The number of rotatable bonds is 48. The van der Waals surface area contributed by atoms with Crippen LogP contribution in [-0.4, -0.2) is 37.2 Å². The zero-order valence-corrected chi connectivity index (χ0v) is 41.6. The van der Waals surface area contributed by atoms with Crippen LogP contribution in [0, 0.1) is 0 Å². The molecule has 0 aliphatic rings. The van der Waals surface area contributed by atoms with E-state index in [2.05, 4.69) is 81.5 Å². The first-order valence-corrected chi connectivity index (χ1v) is 26.8. The van der Waals surface area contributed by atoms with Crippen LogP contribution in [0.4, 0.5) is 0 Å². The number of unbranched alkanes of at least 4 members (excludes halogenated alkanes) is 27. The molecule has 0 radical (unpaired) electrons. The minimum Gasteiger partial charge on any atom is -0.462 e. The summed E-state index contributed by atoms with van der Waals surface area (Å²) in [6.07, 6.45) is 63.7. The summed E-state index contributed by atoms with van der Waals surface area (Å²) in [4.78, 5) is 37.8. The normalized spacial score (nSPS) is 12.5. The molecular weight excluding hydrogens is 781 g/mol. The Morgan fingerprint density at radius 3 is 1.00 bits per heavy atom. The second-order valence-corrected chi connectivity index (χ2v) is 17.8. The van der Waals surface area contributed by atoms with Gasteiger partial charge in [-0.25, -0.2) is 0 Å². The summed E-state index contributed by atoms with van der Waals surface area (Å²) in [5.41, 5.74) is 0. The molecule has 0 heterocycles. The Hall–Kier alpha value is -2.89. The second-order valence-electron chi connectivity index (χ2n) is 17.8. The van der Waals surface area contributed by atoms with Crippen LogP contribution in [0.25, 0.3) is 0 Å². The van der Waals surface area contributed by atoms with Crippen molar-refractivity contribution in [1.29, 1.82) is 0 Å². The number of carbonyl (C=O) groups is 3. The van der Waals surface area contributed by atoms with Crippen molar-refractivity contribution in [2.24, 2.45) is 0 Å². The van der Waals surface area contributed by atoms with Gasteiger partial charge in [-0.3, -0.25) is 14.4 Å². The van der Waals surface area contributed by atoms with Crippen LogP contribution in [0.15, 0.2) is 60.8 Å². The summed E-state index contributed by atoms with van der Waals surface area (Å²) in [5, 5.41) is 0. The van der Waals surface area contributed by atoms with Crippen LogP contribution in [-0.2, 0) is 28.6 Å². The Morgan fingerprint density at radius 2 is 0.619 bits per heavy atom. The van der Waals surface area contributed by atoms with Crippen molar-refractivity contribution in [3.8, 4) is 0 Å². The smallest absolute Gasteiger partial charge is 0.306 e. The molecule has 0 aliphatic carbocycles. The van der Waals surface area contributed by atoms with Crippen molar-refractivity contribution >= 4 is 17.9 Å². The second kappa shape index (κ2) is 51.7. The Bertz CT molecular complexity index is 1150. The Labute approximate surface area is 390 Å². The average Bonchev–Trinajstić information content (AvgIpc) is 3.28. The van der Waals surface area contributed by atoms with Gasteiger partial charge in [0.2, 0.25) is 0 Å². The number of allylic oxidation sites excluding steroid dienone is 10. The lowest BCUT2D eigenvalue weighted by molar-refractivity contribution is -0.167. The fraction of sp³-hybridized carbons (Fsp3) is 0.772. The van der Waals surface area contributed by atoms with Gasteiger partial charge in [-0.05, 0) is 83.5 Å². The number of hydrogen-bond donors (Lipinski definition) is 0. The Kier molecular flexibility index (Phi) is 49.4. The fourth-order valence-electron chi connectivity index (χ4n) is 7.49. The third kappa shape index (κ3) is 50.0. The maximum atomic E-state index is 12.7. The Balaban J connectivity index is 4.14. The summed E-state index contributed by atoms with van der Waals surface area (Å²) in [6, 6.07) is 0. The highest BCUT2D eigenvalue weighted by Gasteiger charge is 2.19. The largest absolute Gasteiger partial charge is 0.462 e. The first-order chi connectivity index (χ1) is 31.0. The highest BCUT2D eigenvalue weighted by Crippen LogP contribution is 2.15. The molecule has 364 valence electrons. The molecule has 6 heteroatoms. The van der Waals surface area contributed by atoms with Crippen molar-refractivity contribution in [3.05, 3.63) is 60.8 Å². The van der Waals surface area contributed by atoms with Crippen molar-refractivity contribution in [3.63, 3.8) is 0 Å². The molecule has 0 saturated heterocycles. The van der Waals surface area contributed by atoms with Gasteiger partial charge < -0.3 is 14.2 Å². The van der Waals surface area contributed by atoms with Crippen LogP contribution in [0.1, 0.15) is 265 Å². The van der Waals surface area contributed by atoms with Gasteiger partial charge >= 0.3 is 17.9 Å². The summed E-state index contributed by atoms with van der Waals surface area (Å²) in [7, 11) is 0. The fourth-order valence-corrected chi connectivity index (χ4v) is 7.49. The van der Waals surface area contributed by atoms with E-state index in [1.807, 2.05) is 0 Å². The van der Waals surface area contributed by atoms with Gasteiger partial charge in [-0.1, -0.05) is 223 Å². The van der Waals surface area contributed by atoms with E-state index in [0.29, 0.717) is 19.3 Å². The number of ether oxygens (including phenoxy) is 3. The van der Waals surface area contributed by atoms with Crippen molar-refractivity contribution in [2.45, 2.75) is 271 Å². The summed E-state index contributed by atoms with van der Waals surface area (Å²) in [5.74, 6) is -0.889. The molecule has 0 N–H and O–H groups in total. The standard InChI is InChI=1S/C57H100O6/c1-4-7-10-13-16-18-20-22-23-24-25-26-27-28-29-30-31-32-33-35-36-38-41-44-47-50-56(59)62-53-54(52-61-55(58)49-46-43-40-15-12-9-6-3)63-57(60)51-48-45-42-39-37-34-21-19-17-14-11-8-5-2/h7,10,16,18-19,21-23,25-26,54H,4-6,8-9,11-15,17,20,24,27-53H2,1-3H3/b10-7-,18-16-,21-19-,23-22-,26-25-. The topological polar surface area (TPSA) is 78.9 Å². The van der Waals surface area contributed by atoms with Crippen molar-refractivity contribution in [1.82, 2.24) is 0 Å².